The van der Waals surface area contributed by atoms with Crippen LogP contribution in [0.2, 0.25) is 43.9 Å². The number of alkyl halides is 1. The monoisotopic (exact) mass is 1830 g/mol. The lowest BCUT2D eigenvalue weighted by molar-refractivity contribution is 0.0973. The lowest BCUT2D eigenvalue weighted by atomic mass is 10.0. The number of carbonyl (C=O) groups excluding carboxylic acids is 4. The van der Waals surface area contributed by atoms with E-state index in [0.29, 0.717) is 68.8 Å². The number of amides is 4. The number of nitrogen functional groups attached to an aromatic ring is 1. The van der Waals surface area contributed by atoms with E-state index in [2.05, 4.69) is 223 Å². The molecule has 664 valence electrons. The fraction of sp³-hybridized carbons (Fsp3) is 0.441. The smallest absolute Gasteiger partial charge is 0.267 e. The predicted octanol–water partition coefficient (Wildman–Crippen LogP) is 22.2. The average Bonchev–Trinajstić information content (AvgIpc) is 1.64. The zero-order valence-electron chi connectivity index (χ0n) is 71.1. The molecule has 0 radical (unpaired) electrons. The van der Waals surface area contributed by atoms with Gasteiger partial charge in [-0.15, -0.1) is 11.6 Å². The summed E-state index contributed by atoms with van der Waals surface area (Å²) in [6, 6.07) is 25.3. The van der Waals surface area contributed by atoms with Crippen molar-refractivity contribution in [2.75, 3.05) is 84.3 Å². The topological polar surface area (TPSA) is 278 Å². The Morgan fingerprint density at radius 2 is 0.816 bits per heavy atom. The van der Waals surface area contributed by atoms with Crippen molar-refractivity contribution in [1.29, 1.82) is 0 Å². The van der Waals surface area contributed by atoms with Crippen molar-refractivity contribution in [2.45, 2.75) is 208 Å². The molecule has 8 aromatic heterocycles. The van der Waals surface area contributed by atoms with Gasteiger partial charge in [0, 0.05) is 115 Å². The number of ether oxygens (including phenoxy) is 2. The van der Waals surface area contributed by atoms with Gasteiger partial charge in [-0.05, 0) is 214 Å². The molecule has 4 saturated carbocycles. The fourth-order valence-electron chi connectivity index (χ4n) is 16.1. The van der Waals surface area contributed by atoms with E-state index in [-0.39, 0.29) is 116 Å². The summed E-state index contributed by atoms with van der Waals surface area (Å²) < 4.78 is 27.1. The minimum Gasteiger partial charge on any atom is -0.475 e. The number of aliphatic hydroxyl groups excluding tert-OH is 1. The fourth-order valence-corrected chi connectivity index (χ4v) is 18.3. The van der Waals surface area contributed by atoms with Crippen molar-refractivity contribution in [2.24, 2.45) is 0 Å². The van der Waals surface area contributed by atoms with E-state index in [1.807, 2.05) is 6.07 Å². The molecule has 4 amide bonds. The highest BCUT2D eigenvalue weighted by Crippen LogP contribution is 2.50. The van der Waals surface area contributed by atoms with E-state index >= 15 is 0 Å². The van der Waals surface area contributed by atoms with Gasteiger partial charge in [0.05, 0.1) is 48.4 Å². The molecular weight excluding hydrogens is 1720 g/mol. The molecule has 125 heavy (non-hydrogen) atoms. The summed E-state index contributed by atoms with van der Waals surface area (Å²) in [5.74, 6) is 1.67. The zero-order valence-corrected chi connectivity index (χ0v) is 76.7. The number of benzene rings is 4. The second-order valence-corrected chi connectivity index (χ2v) is 39.9. The number of carbonyl (C=O) groups is 4. The maximum atomic E-state index is 13.9. The summed E-state index contributed by atoms with van der Waals surface area (Å²) in [7, 11) is -2.00. The first-order valence-corrected chi connectivity index (χ1v) is 48.0. The number of nitrogens with two attached hydrogens (primary N) is 1. The number of aromatic nitrogens is 12. The number of aryl methyl sites for hydroxylation is 4. The molecule has 12 aromatic rings. The van der Waals surface area contributed by atoms with Gasteiger partial charge in [0.25, 0.3) is 23.6 Å². The van der Waals surface area contributed by atoms with Crippen molar-refractivity contribution in [1.82, 2.24) is 58.1 Å². The highest BCUT2D eigenvalue weighted by molar-refractivity contribution is 6.74. The lowest BCUT2D eigenvalue weighted by Gasteiger charge is -2.37. The van der Waals surface area contributed by atoms with E-state index in [1.54, 1.807) is 14.7 Å². The molecule has 0 unspecified atom stereocenters. The predicted molar refractivity (Wildman–Crippen MR) is 508 cm³/mol. The molecule has 32 heteroatoms. The normalized spacial score (nSPS) is 14.9. The molecule has 0 bridgehead atoms. The van der Waals surface area contributed by atoms with Crippen LogP contribution in [0.5, 0.6) is 11.8 Å². The van der Waals surface area contributed by atoms with E-state index in [0.717, 1.165) is 92.5 Å². The van der Waals surface area contributed by atoms with E-state index in [4.69, 9.17) is 77.6 Å². The molecule has 2 aliphatic heterocycles. The van der Waals surface area contributed by atoms with Gasteiger partial charge in [0.2, 0.25) is 11.8 Å². The average molecular weight is 1840 g/mol. The second-order valence-electron chi connectivity index (χ2n) is 33.3. The Hall–Kier alpha value is -9.48. The van der Waals surface area contributed by atoms with Gasteiger partial charge in [-0.2, -0.15) is 0 Å². The summed E-state index contributed by atoms with van der Waals surface area (Å²) in [4.78, 5) is 92.4. The standard InChI is InChI=1S/C27H36Cl2N4O2Si.C21H22Cl2N4O2.C21H21ClN4O2.C21H23N5O2.CH3Cl.2CH4/c1-7-11-32-12-10-19-15-20(16-21(23(19)32)18-8-9-18)33(13-14-35-36(5,6)27(2,3)4)26(34)22-24(28)30-17-31-25(22)29;1-2-6-26-7-5-14-10-15(11-16(18(14)26)13-3-4-13)27(8-9-28)21(29)17-19(22)24-12-25-20(17)23;2*1-2-6-25-7-5-14-10-15(11-16(18(14)25)13-3-4-13)26-8-9-28-20-17(21(26)27)19(22)23-12-24-20;1-2;;/h10,12,15-18H,7-9,11,13-14H2,1-6H3;5,7,10-13,28H,2-4,6,8-9H2,1H3;5,7,10-13H,2-4,6,8-9H2,1H3;5,7,10-13H,2-4,6,8-9H2,1H3,(H2,22,23,24);1H3;2*1H4. The minimum atomic E-state index is -2.00. The zero-order chi connectivity index (χ0) is 87.3. The van der Waals surface area contributed by atoms with Crippen LogP contribution in [0.1, 0.15) is 228 Å². The third-order valence-corrected chi connectivity index (χ3v) is 29.6. The van der Waals surface area contributed by atoms with Gasteiger partial charge >= 0.3 is 0 Å². The summed E-state index contributed by atoms with van der Waals surface area (Å²) in [6.45, 7) is 26.0. The maximum absolute atomic E-state index is 13.9. The Morgan fingerprint density at radius 3 is 1.18 bits per heavy atom. The quantitative estimate of drug-likeness (QED) is 0.0323. The van der Waals surface area contributed by atoms with Gasteiger partial charge in [-0.25, -0.2) is 39.9 Å². The number of anilines is 5. The van der Waals surface area contributed by atoms with Crippen LogP contribution in [-0.4, -0.2) is 154 Å². The van der Waals surface area contributed by atoms with Crippen LogP contribution in [0.25, 0.3) is 43.6 Å². The van der Waals surface area contributed by atoms with Crippen molar-refractivity contribution in [3.8, 4) is 11.8 Å². The molecule has 4 aromatic carbocycles. The number of aliphatic hydroxyl groups is 1. The number of halogens is 6. The first kappa shape index (κ1) is 94.6. The van der Waals surface area contributed by atoms with Crippen LogP contribution in [0.4, 0.5) is 28.6 Å². The largest absolute Gasteiger partial charge is 0.475 e. The Bertz CT molecular complexity index is 5680. The molecule has 4 fully saturated rings. The van der Waals surface area contributed by atoms with Crippen LogP contribution in [0, 0.1) is 0 Å². The Morgan fingerprint density at radius 1 is 0.488 bits per heavy atom. The Kier molecular flexibility index (Phi) is 31.1. The van der Waals surface area contributed by atoms with Crippen molar-refractivity contribution in [3.63, 3.8) is 0 Å². The van der Waals surface area contributed by atoms with Crippen LogP contribution < -0.4 is 34.8 Å². The number of hydrogen-bond donors (Lipinski definition) is 2. The molecule has 0 atom stereocenters. The van der Waals surface area contributed by atoms with E-state index in [9.17, 15) is 24.3 Å². The Labute approximate surface area is 762 Å². The Balaban J connectivity index is 0.000000151. The highest BCUT2D eigenvalue weighted by Gasteiger charge is 2.40. The first-order chi connectivity index (χ1) is 59.3. The van der Waals surface area contributed by atoms with Crippen LogP contribution in [0.3, 0.4) is 0 Å². The van der Waals surface area contributed by atoms with Crippen LogP contribution in [-0.2, 0) is 30.6 Å². The molecule has 0 spiro atoms. The summed E-state index contributed by atoms with van der Waals surface area (Å²) in [5.41, 5.74) is 20.2. The summed E-state index contributed by atoms with van der Waals surface area (Å²) in [5, 5.41) is 14.4. The molecule has 4 aliphatic carbocycles. The van der Waals surface area contributed by atoms with Crippen molar-refractivity contribution < 1.29 is 38.2 Å². The third-order valence-electron chi connectivity index (χ3n) is 23.6. The second kappa shape index (κ2) is 41.1. The minimum absolute atomic E-state index is 0. The van der Waals surface area contributed by atoms with E-state index in [1.165, 1.54) is 130 Å². The molecule has 18 rings (SSSR count). The lowest BCUT2D eigenvalue weighted by Crippen LogP contribution is -2.43. The summed E-state index contributed by atoms with van der Waals surface area (Å²) in [6.07, 6.45) is 28.9. The van der Waals surface area contributed by atoms with Gasteiger partial charge in [-0.1, -0.05) is 121 Å². The summed E-state index contributed by atoms with van der Waals surface area (Å²) >= 11 is 35.8. The third kappa shape index (κ3) is 20.6. The molecule has 3 N–H and O–H groups in total. The number of nitrogens with zero attached hydrogens (tertiary/aromatic N) is 16. The van der Waals surface area contributed by atoms with Crippen LogP contribution >= 0.6 is 69.6 Å². The molecule has 0 saturated heterocycles. The van der Waals surface area contributed by atoms with Gasteiger partial charge in [0.1, 0.15) is 92.4 Å². The molecule has 25 nitrogen and oxygen atoms in total. The molecule has 6 aliphatic rings. The van der Waals surface area contributed by atoms with Gasteiger partial charge < -0.3 is 62.6 Å². The van der Waals surface area contributed by atoms with Crippen molar-refractivity contribution >= 4 is 174 Å². The molecular formula is C93H113Cl6N17O8Si. The van der Waals surface area contributed by atoms with E-state index < -0.39 is 14.2 Å². The number of fused-ring (bicyclic) bond motifs is 6. The van der Waals surface area contributed by atoms with Crippen molar-refractivity contribution in [3.05, 3.63) is 193 Å². The first-order valence-electron chi connectivity index (χ1n) is 42.4. The van der Waals surface area contributed by atoms with Gasteiger partial charge in [0.15, 0.2) is 8.32 Å². The number of hydrogen-bond acceptors (Lipinski definition) is 17. The number of rotatable bonds is 24. The van der Waals surface area contributed by atoms with Gasteiger partial charge in [-0.3, -0.25) is 19.2 Å². The highest BCUT2D eigenvalue weighted by atomic mass is 35.5. The maximum Gasteiger partial charge on any atom is 0.267 e. The SMILES string of the molecule is C.C.CCCn1ccc2cc(N(CCO)C(=O)c3c(Cl)ncnc3Cl)cc(C3CC3)c21.CCCn1ccc2cc(N(CCO[Si](C)(C)C(C)(C)C)C(=O)c3c(Cl)ncnc3Cl)cc(C3CC3)c21.CCCn1ccc2cc(N3CCOc4ncnc(Cl)c4C3=O)cc(C3CC3)c21.CCCn1ccc2cc(N3CCOc4ncnc(N)c4C3=O)cc(C3CC3)c21.CCl. The molecule has 10 heterocycles. The van der Waals surface area contributed by atoms with Crippen LogP contribution in [0.15, 0.2) is 123 Å².